The van der Waals surface area contributed by atoms with Gasteiger partial charge in [0.05, 0.1) is 12.2 Å². The summed E-state index contributed by atoms with van der Waals surface area (Å²) in [5.74, 6) is 0.108. The van der Waals surface area contributed by atoms with Crippen molar-refractivity contribution < 1.29 is 4.79 Å². The number of carbonyl (C=O) groups excluding carboxylic acids is 1. The predicted molar refractivity (Wildman–Crippen MR) is 120 cm³/mol. The predicted octanol–water partition coefficient (Wildman–Crippen LogP) is 4.16. The third-order valence-electron chi connectivity index (χ3n) is 5.59. The molecular formula is C24H27ClN4O. The maximum atomic E-state index is 13.0. The molecule has 1 fully saturated rings. The summed E-state index contributed by atoms with van der Waals surface area (Å²) < 4.78 is 1.98. The highest BCUT2D eigenvalue weighted by Gasteiger charge is 2.22. The van der Waals surface area contributed by atoms with E-state index in [0.29, 0.717) is 6.54 Å². The third-order valence-corrected chi connectivity index (χ3v) is 5.84. The summed E-state index contributed by atoms with van der Waals surface area (Å²) in [6, 6.07) is 18.0. The fraction of sp³-hybridized carbons (Fsp3) is 0.333. The molecule has 0 bridgehead atoms. The largest absolute Gasteiger partial charge is 0.336 e. The summed E-state index contributed by atoms with van der Waals surface area (Å²) in [6.07, 6.45) is 0. The van der Waals surface area contributed by atoms with Crippen molar-refractivity contribution in [2.45, 2.75) is 26.9 Å². The van der Waals surface area contributed by atoms with Crippen LogP contribution in [0.3, 0.4) is 0 Å². The molecule has 1 aromatic heterocycles. The molecule has 156 valence electrons. The maximum absolute atomic E-state index is 13.0. The molecule has 0 aliphatic carbocycles. The van der Waals surface area contributed by atoms with Crippen LogP contribution in [0.25, 0.3) is 0 Å². The number of amides is 1. The van der Waals surface area contributed by atoms with Gasteiger partial charge in [-0.15, -0.1) is 0 Å². The Kier molecular flexibility index (Phi) is 6.21. The lowest BCUT2D eigenvalue weighted by atomic mass is 10.1. The second-order valence-corrected chi connectivity index (χ2v) is 8.42. The summed E-state index contributed by atoms with van der Waals surface area (Å²) in [7, 11) is 0. The van der Waals surface area contributed by atoms with Crippen LogP contribution in [0.1, 0.15) is 32.9 Å². The molecule has 0 spiro atoms. The Balaban J connectivity index is 1.36. The Morgan fingerprint density at radius 3 is 2.33 bits per heavy atom. The van der Waals surface area contributed by atoms with E-state index < -0.39 is 0 Å². The zero-order chi connectivity index (χ0) is 21.1. The first-order valence-electron chi connectivity index (χ1n) is 10.3. The van der Waals surface area contributed by atoms with Crippen molar-refractivity contribution in [1.82, 2.24) is 19.6 Å². The van der Waals surface area contributed by atoms with Gasteiger partial charge in [-0.3, -0.25) is 14.4 Å². The summed E-state index contributed by atoms with van der Waals surface area (Å²) in [4.78, 5) is 17.4. The van der Waals surface area contributed by atoms with Gasteiger partial charge in [0.25, 0.3) is 5.91 Å². The van der Waals surface area contributed by atoms with E-state index in [4.69, 9.17) is 11.6 Å². The molecule has 30 heavy (non-hydrogen) atoms. The summed E-state index contributed by atoms with van der Waals surface area (Å²) in [6.45, 7) is 8.85. The van der Waals surface area contributed by atoms with Crippen molar-refractivity contribution in [3.63, 3.8) is 0 Å². The number of rotatable bonds is 5. The summed E-state index contributed by atoms with van der Waals surface area (Å²) in [5, 5.41) is 5.28. The highest BCUT2D eigenvalue weighted by Crippen LogP contribution is 2.16. The van der Waals surface area contributed by atoms with Crippen LogP contribution in [0, 0.1) is 13.8 Å². The third kappa shape index (κ3) is 4.91. The molecule has 1 saturated heterocycles. The van der Waals surface area contributed by atoms with Crippen LogP contribution in [0.4, 0.5) is 0 Å². The van der Waals surface area contributed by atoms with E-state index in [9.17, 15) is 4.79 Å². The standard InChI is InChI=1S/C24H27ClN4O/c1-18-14-19(2)29(26-18)17-21-4-3-5-22(15-21)24(30)28-12-10-27(11-13-28)16-20-6-8-23(25)9-7-20/h3-9,14-15H,10-13,16-17H2,1-2H3. The first kappa shape index (κ1) is 20.6. The number of hydrogen-bond donors (Lipinski definition) is 0. The molecule has 0 radical (unpaired) electrons. The minimum absolute atomic E-state index is 0.108. The van der Waals surface area contributed by atoms with Gasteiger partial charge in [0.2, 0.25) is 0 Å². The maximum Gasteiger partial charge on any atom is 0.253 e. The van der Waals surface area contributed by atoms with Crippen LogP contribution >= 0.6 is 11.6 Å². The van der Waals surface area contributed by atoms with Crippen LogP contribution in [-0.4, -0.2) is 51.7 Å². The second kappa shape index (κ2) is 9.02. The molecule has 1 amide bonds. The Labute approximate surface area is 182 Å². The topological polar surface area (TPSA) is 41.4 Å². The Morgan fingerprint density at radius 2 is 1.67 bits per heavy atom. The van der Waals surface area contributed by atoms with Crippen molar-refractivity contribution in [3.05, 3.63) is 87.7 Å². The van der Waals surface area contributed by atoms with E-state index in [1.54, 1.807) is 0 Å². The molecule has 3 aromatic rings. The molecule has 0 N–H and O–H groups in total. The lowest BCUT2D eigenvalue weighted by Gasteiger charge is -2.34. The van der Waals surface area contributed by atoms with Gasteiger partial charge in [-0.25, -0.2) is 0 Å². The van der Waals surface area contributed by atoms with Crippen LogP contribution in [0.2, 0.25) is 5.02 Å². The SMILES string of the molecule is Cc1cc(C)n(Cc2cccc(C(=O)N3CCN(Cc4ccc(Cl)cc4)CC3)c2)n1. The first-order chi connectivity index (χ1) is 14.5. The van der Waals surface area contributed by atoms with E-state index in [1.807, 2.05) is 46.8 Å². The number of carbonyl (C=O) groups is 1. The number of aryl methyl sites for hydroxylation is 2. The van der Waals surface area contributed by atoms with Crippen LogP contribution in [0.15, 0.2) is 54.6 Å². The Bertz CT molecular complexity index is 1020. The van der Waals surface area contributed by atoms with E-state index in [0.717, 1.165) is 60.3 Å². The van der Waals surface area contributed by atoms with Crippen molar-refractivity contribution in [1.29, 1.82) is 0 Å². The van der Waals surface area contributed by atoms with Gasteiger partial charge < -0.3 is 4.90 Å². The average Bonchev–Trinajstić information content (AvgIpc) is 3.06. The van der Waals surface area contributed by atoms with Crippen molar-refractivity contribution in [2.24, 2.45) is 0 Å². The number of aromatic nitrogens is 2. The minimum atomic E-state index is 0.108. The minimum Gasteiger partial charge on any atom is -0.336 e. The average molecular weight is 423 g/mol. The molecule has 1 aliphatic heterocycles. The van der Waals surface area contributed by atoms with E-state index in [2.05, 4.69) is 41.2 Å². The Hall–Kier alpha value is -2.63. The lowest BCUT2D eigenvalue weighted by Crippen LogP contribution is -2.48. The number of halogens is 1. The van der Waals surface area contributed by atoms with Crippen LogP contribution < -0.4 is 0 Å². The van der Waals surface area contributed by atoms with Crippen molar-refractivity contribution in [3.8, 4) is 0 Å². The molecule has 0 atom stereocenters. The second-order valence-electron chi connectivity index (χ2n) is 7.98. The van der Waals surface area contributed by atoms with Crippen molar-refractivity contribution in [2.75, 3.05) is 26.2 Å². The fourth-order valence-electron chi connectivity index (χ4n) is 3.95. The number of benzene rings is 2. The van der Waals surface area contributed by atoms with Gasteiger partial charge in [0.1, 0.15) is 0 Å². The number of nitrogens with zero attached hydrogens (tertiary/aromatic N) is 4. The van der Waals surface area contributed by atoms with Crippen LogP contribution in [0.5, 0.6) is 0 Å². The molecule has 4 rings (SSSR count). The normalized spacial score (nSPS) is 14.8. The number of hydrogen-bond acceptors (Lipinski definition) is 3. The summed E-state index contributed by atoms with van der Waals surface area (Å²) in [5.41, 5.74) is 5.22. The molecule has 5 nitrogen and oxygen atoms in total. The van der Waals surface area contributed by atoms with Gasteiger partial charge in [-0.2, -0.15) is 5.10 Å². The van der Waals surface area contributed by atoms with E-state index in [-0.39, 0.29) is 5.91 Å². The van der Waals surface area contributed by atoms with Gasteiger partial charge >= 0.3 is 0 Å². The lowest BCUT2D eigenvalue weighted by molar-refractivity contribution is 0.0628. The Morgan fingerprint density at radius 1 is 0.933 bits per heavy atom. The zero-order valence-electron chi connectivity index (χ0n) is 17.5. The molecular weight excluding hydrogens is 396 g/mol. The molecule has 6 heteroatoms. The van der Waals surface area contributed by atoms with Gasteiger partial charge in [-0.1, -0.05) is 35.9 Å². The fourth-order valence-corrected chi connectivity index (χ4v) is 4.08. The highest BCUT2D eigenvalue weighted by atomic mass is 35.5. The highest BCUT2D eigenvalue weighted by molar-refractivity contribution is 6.30. The molecule has 2 aromatic carbocycles. The van der Waals surface area contributed by atoms with Crippen LogP contribution in [-0.2, 0) is 13.1 Å². The molecule has 1 aliphatic rings. The molecule has 0 unspecified atom stereocenters. The first-order valence-corrected chi connectivity index (χ1v) is 10.7. The van der Waals surface area contributed by atoms with Gasteiger partial charge in [0.15, 0.2) is 0 Å². The quantitative estimate of drug-likeness (QED) is 0.620. The van der Waals surface area contributed by atoms with E-state index in [1.165, 1.54) is 5.56 Å². The summed E-state index contributed by atoms with van der Waals surface area (Å²) >= 11 is 5.97. The smallest absolute Gasteiger partial charge is 0.253 e. The monoisotopic (exact) mass is 422 g/mol. The van der Waals surface area contributed by atoms with E-state index >= 15 is 0 Å². The van der Waals surface area contributed by atoms with Gasteiger partial charge in [-0.05, 0) is 55.3 Å². The molecule has 2 heterocycles. The number of piperazine rings is 1. The van der Waals surface area contributed by atoms with Crippen molar-refractivity contribution >= 4 is 17.5 Å². The molecule has 0 saturated carbocycles. The zero-order valence-corrected chi connectivity index (χ0v) is 18.3. The van der Waals surface area contributed by atoms with Gasteiger partial charge in [0, 0.05) is 49.0 Å².